The van der Waals surface area contributed by atoms with E-state index in [1.54, 1.807) is 12.1 Å². The summed E-state index contributed by atoms with van der Waals surface area (Å²) in [6.45, 7) is 3.59. The van der Waals surface area contributed by atoms with Gasteiger partial charge in [-0.2, -0.15) is 12.1 Å². The summed E-state index contributed by atoms with van der Waals surface area (Å²) in [5.41, 5.74) is 10.7. The van der Waals surface area contributed by atoms with Crippen molar-refractivity contribution in [1.82, 2.24) is 18.6 Å². The zero-order valence-electron chi connectivity index (χ0n) is 43.7. The molecule has 0 spiro atoms. The molecule has 0 amide bonds. The number of aryl methyl sites for hydroxylation is 1. The first-order valence-electron chi connectivity index (χ1n) is 25.6. The molecular formula is C59H44BN5OPt-2. The Bertz CT molecular complexity index is 4110. The van der Waals surface area contributed by atoms with Gasteiger partial charge in [-0.15, -0.1) is 5.39 Å². The van der Waals surface area contributed by atoms with Gasteiger partial charge in [0, 0.05) is 5.52 Å². The number of hydrogen-bond donors (Lipinski definition) is 0. The van der Waals surface area contributed by atoms with E-state index in [1.807, 2.05) is 131 Å². The molecule has 0 atom stereocenters. The van der Waals surface area contributed by atoms with Crippen LogP contribution in [-0.2, 0) is 24.8 Å². The molecule has 12 rings (SSSR count). The zero-order valence-corrected chi connectivity index (χ0v) is 39.0. The molecule has 0 radical (unpaired) electrons. The second kappa shape index (κ2) is 16.1. The first-order valence-corrected chi connectivity index (χ1v) is 23.2. The third-order valence-corrected chi connectivity index (χ3v) is 13.6. The molecule has 0 N–H and O–H groups in total. The fourth-order valence-electron chi connectivity index (χ4n) is 9.52. The second-order valence-corrected chi connectivity index (χ2v) is 18.7. The fourth-order valence-corrected chi connectivity index (χ4v) is 10.6. The molecule has 8 heteroatoms. The monoisotopic (exact) mass is 1050 g/mol. The summed E-state index contributed by atoms with van der Waals surface area (Å²) < 4.78 is 75.0. The van der Waals surface area contributed by atoms with Crippen molar-refractivity contribution >= 4 is 56.8 Å². The SMILES string of the molecule is [2H]c1c([2H])c([2H])c2c(c1[2H])c1cc[c-]c3c1n2B(c1ccccc1)N3c1cccc(Oc2[c-]c(-n3[c](=[Pt])n(-c4c(-c5ccccc5)cc(C([2H])([2H])[2H])cc4-c4ccc(C(C)(C)C)cc4)c4ccccc43)ccc2)n1. The summed E-state index contributed by atoms with van der Waals surface area (Å²) in [4.78, 5) is 7.15. The van der Waals surface area contributed by atoms with Crippen LogP contribution in [0, 0.1) is 22.8 Å². The molecule has 4 heterocycles. The van der Waals surface area contributed by atoms with E-state index in [9.17, 15) is 0 Å². The molecule has 1 aliphatic heterocycles. The van der Waals surface area contributed by atoms with Gasteiger partial charge in [-0.25, -0.2) is 0 Å². The quantitative estimate of drug-likeness (QED) is 0.112. The molecule has 0 aliphatic carbocycles. The Kier molecular flexibility index (Phi) is 8.18. The van der Waals surface area contributed by atoms with Gasteiger partial charge in [0.2, 0.25) is 0 Å². The van der Waals surface area contributed by atoms with Crippen LogP contribution >= 0.6 is 0 Å². The van der Waals surface area contributed by atoms with Gasteiger partial charge in [0.1, 0.15) is 0 Å². The van der Waals surface area contributed by atoms with E-state index in [4.69, 9.17) is 19.3 Å². The maximum atomic E-state index is 9.13. The number of pyridine rings is 1. The Balaban J connectivity index is 0.985. The molecule has 1 aliphatic rings. The number of para-hydroxylation sites is 3. The van der Waals surface area contributed by atoms with Crippen LogP contribution in [0.5, 0.6) is 11.6 Å². The third-order valence-electron chi connectivity index (χ3n) is 12.5. The Labute approximate surface area is 411 Å². The first kappa shape index (κ1) is 33.9. The van der Waals surface area contributed by atoms with Gasteiger partial charge in [-0.05, 0) is 11.4 Å². The van der Waals surface area contributed by atoms with Gasteiger partial charge >= 0.3 is 325 Å². The van der Waals surface area contributed by atoms with Gasteiger partial charge in [0.05, 0.1) is 5.48 Å². The topological polar surface area (TPSA) is 40.1 Å². The van der Waals surface area contributed by atoms with Crippen molar-refractivity contribution in [3.8, 4) is 45.3 Å². The van der Waals surface area contributed by atoms with Crippen LogP contribution in [0.25, 0.3) is 66.5 Å². The van der Waals surface area contributed by atoms with Crippen molar-refractivity contribution in [2.24, 2.45) is 0 Å². The summed E-state index contributed by atoms with van der Waals surface area (Å²) in [6, 6.07) is 61.2. The van der Waals surface area contributed by atoms with Crippen LogP contribution in [-0.4, -0.2) is 25.6 Å². The molecule has 0 fully saturated rings. The normalized spacial score (nSPS) is 14.2. The molecule has 0 unspecified atom stereocenters. The zero-order chi connectivity index (χ0) is 51.4. The predicted octanol–water partition coefficient (Wildman–Crippen LogP) is 13.7. The fraction of sp³-hybridized carbons (Fsp3) is 0.0847. The summed E-state index contributed by atoms with van der Waals surface area (Å²) in [6.07, 6.45) is 0. The van der Waals surface area contributed by atoms with Crippen LogP contribution in [0.15, 0.2) is 194 Å². The molecule has 3 aromatic heterocycles. The molecule has 0 bridgehead atoms. The van der Waals surface area contributed by atoms with Crippen molar-refractivity contribution in [1.29, 1.82) is 0 Å². The van der Waals surface area contributed by atoms with Crippen LogP contribution in [0.1, 0.15) is 41.5 Å². The second-order valence-electron chi connectivity index (χ2n) is 17.7. The third kappa shape index (κ3) is 6.91. The summed E-state index contributed by atoms with van der Waals surface area (Å²) >= 11 is 2.36. The molecule has 67 heavy (non-hydrogen) atoms. The Morgan fingerprint density at radius 2 is 1.37 bits per heavy atom. The van der Waals surface area contributed by atoms with Crippen molar-refractivity contribution in [2.45, 2.75) is 33.0 Å². The molecule has 326 valence electrons. The minimum atomic E-state index is -2.37. The number of fused-ring (bicyclic) bond motifs is 4. The number of benzene rings is 8. The molecule has 8 aromatic carbocycles. The van der Waals surface area contributed by atoms with Gasteiger partial charge < -0.3 is 0 Å². The van der Waals surface area contributed by atoms with Crippen LogP contribution in [0.2, 0.25) is 0 Å². The van der Waals surface area contributed by atoms with Crippen molar-refractivity contribution in [2.75, 3.05) is 4.81 Å². The van der Waals surface area contributed by atoms with E-state index >= 15 is 0 Å². The van der Waals surface area contributed by atoms with E-state index in [1.165, 1.54) is 5.56 Å². The average Bonchev–Trinajstić information content (AvgIpc) is 4.07. The Morgan fingerprint density at radius 1 is 0.687 bits per heavy atom. The van der Waals surface area contributed by atoms with Gasteiger partial charge in [-0.1, -0.05) is 48.5 Å². The molecule has 6 nitrogen and oxygen atoms in total. The number of imidazole rings is 1. The van der Waals surface area contributed by atoms with Crippen molar-refractivity contribution in [3.05, 3.63) is 221 Å². The average molecular weight is 1050 g/mol. The standard InChI is InChI=1S/C59H44BN5O.Pt/c1-40-36-49(41-18-7-5-8-19-41)57(50(37-40)42-32-34-43(35-33-42)59(2,3)4)63-39-62(52-27-13-14-28-53(52)63)45-22-15-23-46(38-45)66-56-31-17-30-55(61-56)64-54-29-16-25-48-47-24-11-12-26-51(47)65(58(48)54)60(64)44-20-9-6-10-21-44;/h5-28,30-37H,1-4H3;/q-2;/i1D3,11D,12D,24D,26D;. The van der Waals surface area contributed by atoms with E-state index in [2.05, 4.69) is 97.8 Å². The molecule has 0 saturated carbocycles. The summed E-state index contributed by atoms with van der Waals surface area (Å²) in [7, 11) is 0. The number of hydrogen-bond acceptors (Lipinski definition) is 3. The Hall–Kier alpha value is -7.47. The van der Waals surface area contributed by atoms with Gasteiger partial charge in [0.15, 0.2) is 0 Å². The predicted molar refractivity (Wildman–Crippen MR) is 271 cm³/mol. The van der Waals surface area contributed by atoms with Crippen LogP contribution in [0.3, 0.4) is 0 Å². The van der Waals surface area contributed by atoms with Gasteiger partial charge in [0.25, 0.3) is 0 Å². The summed E-state index contributed by atoms with van der Waals surface area (Å²) in [5.74, 6) is 1.27. The maximum absolute atomic E-state index is 9.13. The summed E-state index contributed by atoms with van der Waals surface area (Å²) in [5, 5.41) is 1.17. The number of rotatable bonds is 8. The Morgan fingerprint density at radius 3 is 2.12 bits per heavy atom. The van der Waals surface area contributed by atoms with Gasteiger partial charge in [-0.3, -0.25) is 0 Å². The minimum absolute atomic E-state index is 0.0805. The molecule has 11 aromatic rings. The van der Waals surface area contributed by atoms with E-state index in [-0.39, 0.29) is 35.1 Å². The molecule has 0 saturated heterocycles. The van der Waals surface area contributed by atoms with E-state index in [0.717, 1.165) is 53.8 Å². The van der Waals surface area contributed by atoms with E-state index < -0.39 is 13.8 Å². The van der Waals surface area contributed by atoms with Crippen LogP contribution in [0.4, 0.5) is 11.5 Å². The first-order chi connectivity index (χ1) is 35.6. The number of aromatic nitrogens is 4. The van der Waals surface area contributed by atoms with Crippen LogP contribution < -0.4 is 15.0 Å². The van der Waals surface area contributed by atoms with Crippen molar-refractivity contribution < 1.29 is 33.7 Å². The van der Waals surface area contributed by atoms with Crippen molar-refractivity contribution in [3.63, 3.8) is 0 Å². The number of anilines is 2. The van der Waals surface area contributed by atoms with E-state index in [0.29, 0.717) is 45.1 Å². The molecular weight excluding hydrogens is 1000 g/mol. The number of nitrogens with zero attached hydrogens (tertiary/aromatic N) is 5. The number of ether oxygens (including phenoxy) is 1.